The summed E-state index contributed by atoms with van der Waals surface area (Å²) in [5, 5.41) is 9.58. The molecule has 2 unspecified atom stereocenters. The van der Waals surface area contributed by atoms with Gasteiger partial charge in [-0.05, 0) is 34.7 Å². The van der Waals surface area contributed by atoms with Crippen molar-refractivity contribution < 1.29 is 13.9 Å². The van der Waals surface area contributed by atoms with Crippen LogP contribution < -0.4 is 0 Å². The van der Waals surface area contributed by atoms with E-state index in [1.165, 1.54) is 0 Å². The molecule has 0 saturated heterocycles. The Bertz CT molecular complexity index is 169. The topological polar surface area (TPSA) is 20.2 Å². The minimum atomic E-state index is -3.14. The lowest BCUT2D eigenvalue weighted by Crippen LogP contribution is -2.47. The number of hydrogen-bond acceptors (Lipinski definition) is 1. The van der Waals surface area contributed by atoms with Gasteiger partial charge in [0.2, 0.25) is 0 Å². The molecule has 1 nitrogen and oxygen atoms in total. The third kappa shape index (κ3) is 1.96. The molecular formula is C8H13BrF2O. The van der Waals surface area contributed by atoms with Crippen LogP contribution in [-0.2, 0) is 0 Å². The average Bonchev–Trinajstić information content (AvgIpc) is 1.83. The molecular weight excluding hydrogens is 230 g/mol. The van der Waals surface area contributed by atoms with E-state index in [0.717, 1.165) is 6.42 Å². The van der Waals surface area contributed by atoms with Crippen LogP contribution in [0.15, 0.2) is 0 Å². The van der Waals surface area contributed by atoms with Crippen molar-refractivity contribution >= 4 is 15.9 Å². The number of hydrogen-bond donors (Lipinski definition) is 1. The molecule has 0 radical (unpaired) electrons. The van der Waals surface area contributed by atoms with E-state index in [4.69, 9.17) is 0 Å². The van der Waals surface area contributed by atoms with Gasteiger partial charge in [-0.25, -0.2) is 0 Å². The maximum Gasteiger partial charge on any atom is 0.329 e. The van der Waals surface area contributed by atoms with E-state index in [-0.39, 0.29) is 18.8 Å². The first-order chi connectivity index (χ1) is 5.35. The molecule has 0 bridgehead atoms. The molecule has 1 rings (SSSR count). The molecule has 0 aromatic carbocycles. The maximum atomic E-state index is 12.8. The molecule has 0 aromatic heterocycles. The molecule has 0 aromatic rings. The first kappa shape index (κ1) is 10.4. The molecule has 1 fully saturated rings. The second-order valence-electron chi connectivity index (χ2n) is 3.73. The van der Waals surface area contributed by atoms with Crippen LogP contribution in [0.5, 0.6) is 0 Å². The third-order valence-electron chi connectivity index (χ3n) is 2.50. The van der Waals surface area contributed by atoms with Crippen molar-refractivity contribution in [3.8, 4) is 0 Å². The Morgan fingerprint density at radius 2 is 2.17 bits per heavy atom. The van der Waals surface area contributed by atoms with Crippen molar-refractivity contribution in [2.45, 2.75) is 43.0 Å². The second-order valence-corrected chi connectivity index (χ2v) is 4.73. The van der Waals surface area contributed by atoms with Crippen LogP contribution >= 0.6 is 15.9 Å². The zero-order valence-electron chi connectivity index (χ0n) is 6.99. The Morgan fingerprint density at radius 3 is 2.50 bits per heavy atom. The van der Waals surface area contributed by atoms with Gasteiger partial charge in [0.05, 0.1) is 0 Å². The third-order valence-corrected chi connectivity index (χ3v) is 3.24. The largest absolute Gasteiger partial charge is 0.383 e. The Labute approximate surface area is 79.3 Å². The molecule has 1 N–H and O–H groups in total. The van der Waals surface area contributed by atoms with E-state index < -0.39 is 10.4 Å². The van der Waals surface area contributed by atoms with Crippen LogP contribution in [0.4, 0.5) is 8.78 Å². The molecule has 2 atom stereocenters. The fraction of sp³-hybridized carbons (Fsp3) is 1.00. The van der Waals surface area contributed by atoms with Gasteiger partial charge in [-0.15, -0.1) is 0 Å². The molecule has 12 heavy (non-hydrogen) atoms. The zero-order valence-corrected chi connectivity index (χ0v) is 8.57. The Kier molecular flexibility index (Phi) is 2.78. The standard InChI is InChI=1S/C8H13BrF2O/c1-6-3-2-4-7(12,5-6)8(9,10)11/h6,12H,2-5H2,1H3. The van der Waals surface area contributed by atoms with Crippen molar-refractivity contribution in [2.75, 3.05) is 0 Å². The Balaban J connectivity index is 2.70. The van der Waals surface area contributed by atoms with E-state index in [9.17, 15) is 13.9 Å². The highest BCUT2D eigenvalue weighted by molar-refractivity contribution is 9.10. The molecule has 1 aliphatic carbocycles. The summed E-state index contributed by atoms with van der Waals surface area (Å²) in [6.07, 6.45) is 1.99. The molecule has 0 amide bonds. The highest BCUT2D eigenvalue weighted by Crippen LogP contribution is 2.45. The first-order valence-corrected chi connectivity index (χ1v) is 4.93. The van der Waals surface area contributed by atoms with Crippen molar-refractivity contribution in [1.82, 2.24) is 0 Å². The fourth-order valence-corrected chi connectivity index (χ4v) is 2.14. The average molecular weight is 243 g/mol. The maximum absolute atomic E-state index is 12.8. The van der Waals surface area contributed by atoms with E-state index in [1.54, 1.807) is 0 Å². The Morgan fingerprint density at radius 1 is 1.58 bits per heavy atom. The second kappa shape index (κ2) is 3.22. The van der Waals surface area contributed by atoms with Crippen molar-refractivity contribution in [2.24, 2.45) is 5.92 Å². The summed E-state index contributed by atoms with van der Waals surface area (Å²) in [6, 6.07) is 0. The Hall–Kier alpha value is 0.300. The van der Waals surface area contributed by atoms with E-state index in [2.05, 4.69) is 15.9 Å². The van der Waals surface area contributed by atoms with Gasteiger partial charge in [-0.1, -0.05) is 19.8 Å². The molecule has 0 aliphatic heterocycles. The summed E-state index contributed by atoms with van der Waals surface area (Å²) in [6.45, 7) is 1.89. The number of alkyl halides is 3. The quantitative estimate of drug-likeness (QED) is 0.702. The number of halogens is 3. The molecule has 4 heteroatoms. The molecule has 1 saturated carbocycles. The van der Waals surface area contributed by atoms with E-state index >= 15 is 0 Å². The molecule has 0 spiro atoms. The molecule has 0 heterocycles. The highest BCUT2D eigenvalue weighted by Gasteiger charge is 2.51. The smallest absolute Gasteiger partial charge is 0.329 e. The van der Waals surface area contributed by atoms with Crippen LogP contribution in [0, 0.1) is 5.92 Å². The van der Waals surface area contributed by atoms with Gasteiger partial charge in [0.25, 0.3) is 0 Å². The van der Waals surface area contributed by atoms with Gasteiger partial charge in [0.15, 0.2) is 0 Å². The summed E-state index contributed by atoms with van der Waals surface area (Å²) in [5.41, 5.74) is -1.83. The fourth-order valence-electron chi connectivity index (χ4n) is 1.78. The van der Waals surface area contributed by atoms with Gasteiger partial charge in [-0.2, -0.15) is 8.78 Å². The van der Waals surface area contributed by atoms with Crippen molar-refractivity contribution in [3.63, 3.8) is 0 Å². The van der Waals surface area contributed by atoms with Gasteiger partial charge in [-0.3, -0.25) is 0 Å². The minimum absolute atomic E-state index is 0.186. The summed E-state index contributed by atoms with van der Waals surface area (Å²) in [5.74, 6) is 0.187. The number of aliphatic hydroxyl groups is 1. The zero-order chi connectivity index (χ0) is 9.41. The van der Waals surface area contributed by atoms with Gasteiger partial charge in [0.1, 0.15) is 5.60 Å². The monoisotopic (exact) mass is 242 g/mol. The lowest BCUT2D eigenvalue weighted by molar-refractivity contribution is -0.142. The van der Waals surface area contributed by atoms with Crippen LogP contribution in [0.25, 0.3) is 0 Å². The van der Waals surface area contributed by atoms with Crippen LogP contribution in [0.1, 0.15) is 32.6 Å². The van der Waals surface area contributed by atoms with Crippen LogP contribution in [-0.4, -0.2) is 15.5 Å². The lowest BCUT2D eigenvalue weighted by atomic mass is 9.79. The summed E-state index contributed by atoms with van der Waals surface area (Å²) >= 11 is 2.24. The van der Waals surface area contributed by atoms with Crippen LogP contribution in [0.2, 0.25) is 0 Å². The molecule has 1 aliphatic rings. The number of rotatable bonds is 1. The van der Waals surface area contributed by atoms with Gasteiger partial charge in [0, 0.05) is 0 Å². The van der Waals surface area contributed by atoms with Gasteiger partial charge >= 0.3 is 4.83 Å². The SMILES string of the molecule is CC1CCCC(O)(C(F)(F)Br)C1. The normalized spacial score (nSPS) is 38.2. The highest BCUT2D eigenvalue weighted by atomic mass is 79.9. The molecule has 72 valence electrons. The summed E-state index contributed by atoms with van der Waals surface area (Å²) in [7, 11) is 0. The predicted molar refractivity (Wildman–Crippen MR) is 46.5 cm³/mol. The minimum Gasteiger partial charge on any atom is -0.383 e. The lowest BCUT2D eigenvalue weighted by Gasteiger charge is -2.38. The van der Waals surface area contributed by atoms with Crippen LogP contribution in [0.3, 0.4) is 0 Å². The van der Waals surface area contributed by atoms with E-state index in [0.29, 0.717) is 6.42 Å². The van der Waals surface area contributed by atoms with Crippen molar-refractivity contribution in [1.29, 1.82) is 0 Å². The van der Waals surface area contributed by atoms with Crippen molar-refractivity contribution in [3.05, 3.63) is 0 Å². The van der Waals surface area contributed by atoms with Gasteiger partial charge < -0.3 is 5.11 Å². The first-order valence-electron chi connectivity index (χ1n) is 4.14. The van der Waals surface area contributed by atoms with E-state index in [1.807, 2.05) is 6.92 Å². The summed E-state index contributed by atoms with van der Waals surface area (Å²) in [4.78, 5) is -3.14. The summed E-state index contributed by atoms with van der Waals surface area (Å²) < 4.78 is 25.7. The predicted octanol–water partition coefficient (Wildman–Crippen LogP) is 2.92.